The number of halogens is 1. The van der Waals surface area contributed by atoms with Gasteiger partial charge in [0, 0.05) is 73.0 Å². The normalized spacial score (nSPS) is 19.3. The fraction of sp³-hybridized carbons (Fsp3) is 0.333. The molecule has 0 bridgehead atoms. The molecule has 4 aromatic rings. The highest BCUT2D eigenvalue weighted by Gasteiger charge is 2.25. The zero-order valence-corrected chi connectivity index (χ0v) is 20.7. The van der Waals surface area contributed by atoms with Crippen LogP contribution in [0.1, 0.15) is 24.2 Å². The summed E-state index contributed by atoms with van der Waals surface area (Å²) in [5, 5.41) is 11.8. The van der Waals surface area contributed by atoms with E-state index >= 15 is 0 Å². The number of amides is 1. The lowest BCUT2D eigenvalue weighted by Crippen LogP contribution is -2.54. The molecule has 2 aromatic carbocycles. The van der Waals surface area contributed by atoms with Crippen LogP contribution in [0.3, 0.4) is 0 Å². The number of aryl methyl sites for hydroxylation is 1. The third-order valence-electron chi connectivity index (χ3n) is 6.04. The molecule has 0 radical (unpaired) electrons. The quantitative estimate of drug-likeness (QED) is 0.420. The van der Waals surface area contributed by atoms with E-state index in [0.717, 1.165) is 18.8 Å². The van der Waals surface area contributed by atoms with Crippen molar-refractivity contribution in [1.82, 2.24) is 25.1 Å². The van der Waals surface area contributed by atoms with Crippen molar-refractivity contribution in [3.05, 3.63) is 48.0 Å². The Labute approximate surface area is 204 Å². The molecule has 182 valence electrons. The molecule has 0 spiro atoms. The molecule has 1 aliphatic rings. The van der Waals surface area contributed by atoms with Crippen molar-refractivity contribution in [3.63, 3.8) is 0 Å². The average molecular weight is 496 g/mol. The van der Waals surface area contributed by atoms with Crippen LogP contribution >= 0.6 is 0 Å². The van der Waals surface area contributed by atoms with Gasteiger partial charge in [-0.05, 0) is 38.1 Å². The maximum absolute atomic E-state index is 14.5. The summed E-state index contributed by atoms with van der Waals surface area (Å²) >= 11 is 0. The van der Waals surface area contributed by atoms with Crippen LogP contribution in [-0.4, -0.2) is 61.3 Å². The first-order valence-corrected chi connectivity index (χ1v) is 12.8. The summed E-state index contributed by atoms with van der Waals surface area (Å²) in [5.74, 6) is -0.968. The van der Waals surface area contributed by atoms with Gasteiger partial charge in [-0.15, -0.1) is 0 Å². The second-order valence-electron chi connectivity index (χ2n) is 9.03. The minimum Gasteiger partial charge on any atom is -0.368 e. The van der Waals surface area contributed by atoms with Crippen molar-refractivity contribution in [3.8, 4) is 0 Å². The standard InChI is InChI=1S/C24H26FN7O2S/c1-13-10-32(11-14(2)27-13)20-6-5-17(22-18(20)9-26-24(29-22)35(4)34)23(33)28-16-7-15-12-31(3)30-21(15)19(25)8-16/h5-9,12-14,27H,10-11H2,1-4H3,(H,28,33)/t13-,14+,35?. The van der Waals surface area contributed by atoms with E-state index in [9.17, 15) is 13.4 Å². The molecule has 2 aromatic heterocycles. The summed E-state index contributed by atoms with van der Waals surface area (Å²) in [5.41, 5.74) is 2.15. The number of nitrogens with one attached hydrogen (secondary N) is 2. The monoisotopic (exact) mass is 495 g/mol. The molecule has 1 unspecified atom stereocenters. The maximum atomic E-state index is 14.5. The lowest BCUT2D eigenvalue weighted by Gasteiger charge is -2.38. The fourth-order valence-electron chi connectivity index (χ4n) is 4.69. The Morgan fingerprint density at radius 3 is 2.66 bits per heavy atom. The molecule has 1 fully saturated rings. The van der Waals surface area contributed by atoms with E-state index in [1.54, 1.807) is 31.6 Å². The second kappa shape index (κ2) is 8.97. The highest BCUT2D eigenvalue weighted by atomic mass is 32.2. The Morgan fingerprint density at radius 2 is 1.94 bits per heavy atom. The first-order chi connectivity index (χ1) is 16.7. The van der Waals surface area contributed by atoms with E-state index in [-0.39, 0.29) is 22.8 Å². The van der Waals surface area contributed by atoms with Crippen LogP contribution in [0.5, 0.6) is 0 Å². The molecule has 5 rings (SSSR count). The Morgan fingerprint density at radius 1 is 1.20 bits per heavy atom. The molecule has 35 heavy (non-hydrogen) atoms. The van der Waals surface area contributed by atoms with Gasteiger partial charge >= 0.3 is 0 Å². The predicted molar refractivity (Wildman–Crippen MR) is 135 cm³/mol. The van der Waals surface area contributed by atoms with Gasteiger partial charge < -0.3 is 15.5 Å². The maximum Gasteiger partial charge on any atom is 0.257 e. The van der Waals surface area contributed by atoms with Crippen molar-refractivity contribution >= 4 is 49.9 Å². The largest absolute Gasteiger partial charge is 0.368 e. The summed E-state index contributed by atoms with van der Waals surface area (Å²) in [4.78, 5) is 24.4. The van der Waals surface area contributed by atoms with Crippen LogP contribution in [0.2, 0.25) is 0 Å². The summed E-state index contributed by atoms with van der Waals surface area (Å²) < 4.78 is 28.2. The smallest absolute Gasteiger partial charge is 0.257 e. The third kappa shape index (κ3) is 4.48. The fourth-order valence-corrected chi connectivity index (χ4v) is 5.11. The van der Waals surface area contributed by atoms with E-state index in [2.05, 4.69) is 44.4 Å². The predicted octanol–water partition coefficient (Wildman–Crippen LogP) is 2.83. The minimum atomic E-state index is -1.42. The highest BCUT2D eigenvalue weighted by Crippen LogP contribution is 2.31. The Kier molecular flexibility index (Phi) is 5.97. The SMILES string of the molecule is C[C@@H]1CN(c2ccc(C(=O)Nc3cc(F)c4nn(C)cc4c3)c3nc(S(C)=O)ncc23)C[C@H](C)N1. The van der Waals surface area contributed by atoms with Gasteiger partial charge in [0.1, 0.15) is 5.52 Å². The first-order valence-electron chi connectivity index (χ1n) is 11.3. The number of benzene rings is 2. The van der Waals surface area contributed by atoms with E-state index in [1.165, 1.54) is 17.0 Å². The lowest BCUT2D eigenvalue weighted by atomic mass is 10.0. The summed E-state index contributed by atoms with van der Waals surface area (Å²) in [6.45, 7) is 5.83. The molecular formula is C24H26FN7O2S. The minimum absolute atomic E-state index is 0.147. The number of hydrogen-bond acceptors (Lipinski definition) is 7. The average Bonchev–Trinajstić information content (AvgIpc) is 3.18. The number of fused-ring (bicyclic) bond motifs is 2. The number of nitrogens with zero attached hydrogens (tertiary/aromatic N) is 5. The molecule has 1 aliphatic heterocycles. The highest BCUT2D eigenvalue weighted by molar-refractivity contribution is 7.84. The van der Waals surface area contributed by atoms with Crippen molar-refractivity contribution < 1.29 is 13.4 Å². The van der Waals surface area contributed by atoms with Gasteiger partial charge in [-0.2, -0.15) is 5.10 Å². The van der Waals surface area contributed by atoms with Gasteiger partial charge in [0.05, 0.1) is 21.9 Å². The Bertz CT molecular complexity index is 1480. The molecule has 3 atom stereocenters. The number of rotatable bonds is 4. The topological polar surface area (TPSA) is 105 Å². The van der Waals surface area contributed by atoms with Gasteiger partial charge in [0.15, 0.2) is 5.82 Å². The zero-order valence-electron chi connectivity index (χ0n) is 19.9. The van der Waals surface area contributed by atoms with Crippen LogP contribution < -0.4 is 15.5 Å². The number of carbonyl (C=O) groups is 1. The Balaban J connectivity index is 1.57. The van der Waals surface area contributed by atoms with Gasteiger partial charge in [-0.3, -0.25) is 13.7 Å². The number of carbonyl (C=O) groups excluding carboxylic acids is 1. The number of anilines is 2. The van der Waals surface area contributed by atoms with Gasteiger partial charge in [0.2, 0.25) is 5.16 Å². The molecule has 1 saturated heterocycles. The third-order valence-corrected chi connectivity index (χ3v) is 6.75. The van der Waals surface area contributed by atoms with E-state index in [4.69, 9.17) is 0 Å². The molecular weight excluding hydrogens is 469 g/mol. The first kappa shape index (κ1) is 23.3. The molecule has 0 saturated carbocycles. The number of piperazine rings is 1. The van der Waals surface area contributed by atoms with Gasteiger partial charge in [-0.25, -0.2) is 14.4 Å². The molecule has 2 N–H and O–H groups in total. The van der Waals surface area contributed by atoms with Crippen LogP contribution in [0.25, 0.3) is 21.8 Å². The van der Waals surface area contributed by atoms with Crippen LogP contribution in [0.15, 0.2) is 41.8 Å². The summed E-state index contributed by atoms with van der Waals surface area (Å²) in [7, 11) is 0.288. The second-order valence-corrected chi connectivity index (χ2v) is 10.3. The molecule has 1 amide bonds. The molecule has 11 heteroatoms. The molecule has 3 heterocycles. The van der Waals surface area contributed by atoms with E-state index < -0.39 is 22.5 Å². The zero-order chi connectivity index (χ0) is 24.9. The van der Waals surface area contributed by atoms with Crippen molar-refractivity contribution in [2.24, 2.45) is 7.05 Å². The van der Waals surface area contributed by atoms with Crippen LogP contribution in [0.4, 0.5) is 15.8 Å². The van der Waals surface area contributed by atoms with Crippen molar-refractivity contribution in [2.45, 2.75) is 31.1 Å². The lowest BCUT2D eigenvalue weighted by molar-refractivity contribution is 0.102. The van der Waals surface area contributed by atoms with Gasteiger partial charge in [0.25, 0.3) is 5.91 Å². The number of aromatic nitrogens is 4. The van der Waals surface area contributed by atoms with Crippen molar-refractivity contribution in [2.75, 3.05) is 29.6 Å². The van der Waals surface area contributed by atoms with Crippen molar-refractivity contribution in [1.29, 1.82) is 0 Å². The van der Waals surface area contributed by atoms with Crippen LogP contribution in [0, 0.1) is 5.82 Å². The van der Waals surface area contributed by atoms with Gasteiger partial charge in [-0.1, -0.05) is 0 Å². The van der Waals surface area contributed by atoms with Crippen LogP contribution in [-0.2, 0) is 17.8 Å². The summed E-state index contributed by atoms with van der Waals surface area (Å²) in [6, 6.07) is 7.09. The number of hydrogen-bond donors (Lipinski definition) is 2. The molecule has 9 nitrogen and oxygen atoms in total. The molecule has 0 aliphatic carbocycles. The van der Waals surface area contributed by atoms with E-state index in [1.807, 2.05) is 6.07 Å². The van der Waals surface area contributed by atoms with E-state index in [0.29, 0.717) is 27.5 Å². The Hall–Kier alpha value is -3.44. The summed E-state index contributed by atoms with van der Waals surface area (Å²) in [6.07, 6.45) is 4.81.